The minimum atomic E-state index is -1.99. The second kappa shape index (κ2) is 53.8. The molecule has 4 heterocycles. The summed E-state index contributed by atoms with van der Waals surface area (Å²) in [4.78, 5) is 294. The van der Waals surface area contributed by atoms with E-state index in [0.717, 1.165) is 18.7 Å². The number of rotatable bonds is 25. The van der Waals surface area contributed by atoms with Crippen LogP contribution in [0.25, 0.3) is 10.9 Å². The molecule has 31 N–H and O–H groups in total. The molecule has 0 saturated carbocycles. The number of hydrogen-bond donors (Lipinski definition) is 27. The van der Waals surface area contributed by atoms with Gasteiger partial charge < -0.3 is 148 Å². The smallest absolute Gasteiger partial charge is 0.303 e. The number of phenols is 1. The number of aromatic amines is 1. The van der Waals surface area contributed by atoms with Crippen LogP contribution in [0.15, 0.2) is 54.7 Å². The molecule has 3 fully saturated rings. The van der Waals surface area contributed by atoms with Crippen LogP contribution in [0.1, 0.15) is 154 Å². The number of benzene rings is 2. The summed E-state index contributed by atoms with van der Waals surface area (Å²) in [6, 6.07) is -9.92. The number of amides is 18. The normalized spacial score (nSPS) is 25.0. The number of carboxylic acids is 3. The van der Waals surface area contributed by atoms with Gasteiger partial charge in [0.1, 0.15) is 84.3 Å². The van der Waals surface area contributed by atoms with Crippen LogP contribution in [0, 0.1) is 5.41 Å². The summed E-state index contributed by atoms with van der Waals surface area (Å²) in [5.41, 5.74) is 24.5. The van der Waals surface area contributed by atoms with Crippen LogP contribution in [0.3, 0.4) is 0 Å². The Morgan fingerprint density at radius 3 is 1.47 bits per heavy atom. The first-order valence-electron chi connectivity index (χ1n) is 43.6. The molecule has 133 heavy (non-hydrogen) atoms. The Morgan fingerprint density at radius 1 is 0.466 bits per heavy atom. The summed E-state index contributed by atoms with van der Waals surface area (Å²) < 4.78 is 0. The van der Waals surface area contributed by atoms with Crippen molar-refractivity contribution in [2.75, 3.05) is 52.4 Å². The van der Waals surface area contributed by atoms with Crippen molar-refractivity contribution in [1.29, 1.82) is 5.41 Å². The molecular formula is C83H122N24O26. The molecule has 0 unspecified atom stereocenters. The van der Waals surface area contributed by atoms with Crippen molar-refractivity contribution in [2.24, 2.45) is 22.9 Å². The Kier molecular flexibility index (Phi) is 43.5. The van der Waals surface area contributed by atoms with E-state index in [0.29, 0.717) is 28.5 Å². The van der Waals surface area contributed by atoms with Crippen LogP contribution in [0.2, 0.25) is 0 Å². The Hall–Kier alpha value is -14.2. The van der Waals surface area contributed by atoms with Gasteiger partial charge in [0.15, 0.2) is 5.96 Å². The van der Waals surface area contributed by atoms with E-state index in [9.17, 15) is 126 Å². The molecule has 3 aliphatic heterocycles. The maximum absolute atomic E-state index is 15.0. The molecule has 0 bridgehead atoms. The van der Waals surface area contributed by atoms with Gasteiger partial charge in [0.2, 0.25) is 106 Å². The molecule has 730 valence electrons. The topological polar surface area (TPSA) is 802 Å². The van der Waals surface area contributed by atoms with Crippen LogP contribution in [-0.4, -0.2) is 314 Å². The molecule has 1 aromatic heterocycles. The summed E-state index contributed by atoms with van der Waals surface area (Å²) >= 11 is 0. The number of para-hydroxylation sites is 1. The number of aliphatic hydroxyl groups is 1. The van der Waals surface area contributed by atoms with Gasteiger partial charge in [-0.25, -0.2) is 0 Å². The van der Waals surface area contributed by atoms with E-state index in [-0.39, 0.29) is 116 Å². The first kappa shape index (κ1) is 108. The van der Waals surface area contributed by atoms with Crippen LogP contribution in [0.5, 0.6) is 5.75 Å². The van der Waals surface area contributed by atoms with Gasteiger partial charge in [-0.1, -0.05) is 30.3 Å². The highest BCUT2D eigenvalue weighted by Crippen LogP contribution is 2.25. The number of carboxylic acid groups (broad SMARTS) is 3. The highest BCUT2D eigenvalue weighted by atomic mass is 16.4. The molecule has 0 aliphatic carbocycles. The van der Waals surface area contributed by atoms with Crippen molar-refractivity contribution < 1.29 is 126 Å². The molecule has 2 aromatic carbocycles. The second-order valence-electron chi connectivity index (χ2n) is 32.4. The van der Waals surface area contributed by atoms with E-state index >= 15 is 0 Å². The SMILES string of the molecule is C[C@@H]1NC(=O)CNC(=O)[C@H](CCC(=O)O)NC(=O)[C@@H]2CCCN2C(=O)[C@H]([C@@H](C)O)NC(=O)[C@H](CCC(=O)O)NC(=O)[C@H](CCCNC(=N)N)NC(=O)[C@H](CCC(N)=O)NC(=O)CNC(=O)[C@@H](N)CCCNC(=O)CNC(=O)[C@H](Cc2ccc(O)cc2)NC(=O)[C@H](Cc2c[nH]c3ccccc23)NC(=O)[C@@H]2CCCN2C(=O)[C@H](CCCCN)NC(=O)[C@H](C)NC(=O)[C@H](CCC(=O)O)NC1=O. The van der Waals surface area contributed by atoms with Crippen LogP contribution in [-0.2, 0) is 114 Å². The van der Waals surface area contributed by atoms with E-state index < -0.39 is 292 Å². The lowest BCUT2D eigenvalue weighted by Gasteiger charge is -2.32. The maximum atomic E-state index is 15.0. The van der Waals surface area contributed by atoms with Gasteiger partial charge in [0, 0.05) is 81.8 Å². The number of H-pyrrole nitrogens is 1. The number of aliphatic carboxylic acids is 3. The number of carbonyl (C=O) groups excluding carboxylic acids is 18. The van der Waals surface area contributed by atoms with E-state index in [1.54, 1.807) is 30.5 Å². The predicted molar refractivity (Wildman–Crippen MR) is 468 cm³/mol. The van der Waals surface area contributed by atoms with Crippen LogP contribution in [0.4, 0.5) is 0 Å². The first-order valence-corrected chi connectivity index (χ1v) is 43.6. The molecule has 0 radical (unpaired) electrons. The standard InChI is InChI=1S/C83H122N24O26/c1-42-69(120)98-54(25-29-66(116)117)74(125)96-43(2)70(121)102-56(15-6-7-31-84)81(132)106-34-10-17-59(106)80(131)104-58(37-46-38-91-50-14-5-4-12-48(46)50)78(129)103-57(36-45-19-21-47(109)22-20-45)73(124)93-39-62(111)89-32-8-13-49(85)71(122)92-41-64(113)97-53(23-27-61(86)110)76(127)99-51(16-9-33-90-83(87)88)75(126)100-55(26-30-67(118)119)77(128)105-68(44(3)108)82(133)107-35-11-18-60(107)79(130)101-52(24-28-65(114)115)72(123)94-40-63(112)95-42/h4-5,12,14,19-22,38,42-44,49,51-60,68,91,108-109H,6-11,13,15-18,23-37,39-41,84-85H2,1-3H3,(H2,86,110)(H,89,111)(H,92,122)(H,93,124)(H,94,123)(H,95,112)(H,96,125)(H,97,113)(H,98,120)(H,99,127)(H,100,126)(H,101,130)(H,102,121)(H,103,129)(H,104,131)(H,105,128)(H,114,115)(H,116,117)(H,118,119)(H4,87,88,90)/t42-,43-,44+,49-,51-,52-,53-,54-,55-,56-,57-,58-,59-,60-,68-/m0/s1. The molecule has 15 atom stereocenters. The number of aliphatic hydroxyl groups excluding tert-OH is 1. The average Bonchev–Trinajstić information content (AvgIpc) is 1.73. The van der Waals surface area contributed by atoms with E-state index in [2.05, 4.69) is 90.1 Å². The van der Waals surface area contributed by atoms with Gasteiger partial charge in [0.25, 0.3) is 0 Å². The summed E-state index contributed by atoms with van der Waals surface area (Å²) in [6.45, 7) is 0.501. The Balaban J connectivity index is 1.30. The maximum Gasteiger partial charge on any atom is 0.303 e. The summed E-state index contributed by atoms with van der Waals surface area (Å²) in [6.07, 6.45) is -5.89. The van der Waals surface area contributed by atoms with E-state index in [1.165, 1.54) is 36.1 Å². The van der Waals surface area contributed by atoms with Gasteiger partial charge in [0.05, 0.1) is 31.8 Å². The molecule has 50 heteroatoms. The highest BCUT2D eigenvalue weighted by Gasteiger charge is 2.44. The largest absolute Gasteiger partial charge is 0.508 e. The number of nitrogens with two attached hydrogens (primary N) is 4. The number of carbonyl (C=O) groups is 21. The number of hydrogen-bond acceptors (Lipinski definition) is 26. The number of nitrogens with one attached hydrogen (secondary N) is 18. The fraction of sp³-hybridized carbons (Fsp3) is 0.566. The number of nitrogens with zero attached hydrogens (tertiary/aromatic N) is 2. The molecule has 18 amide bonds. The van der Waals surface area contributed by atoms with Crippen molar-refractivity contribution in [3.63, 3.8) is 0 Å². The highest BCUT2D eigenvalue weighted by molar-refractivity contribution is 6.02. The molecular weight excluding hydrogens is 1750 g/mol. The molecule has 0 spiro atoms. The molecule has 6 rings (SSSR count). The fourth-order valence-electron chi connectivity index (χ4n) is 14.7. The third-order valence-corrected chi connectivity index (χ3v) is 22.0. The zero-order valence-corrected chi connectivity index (χ0v) is 73.9. The lowest BCUT2D eigenvalue weighted by molar-refractivity contribution is -0.145. The third kappa shape index (κ3) is 35.9. The molecule has 3 aliphatic rings. The minimum absolute atomic E-state index is 0.0192. The number of guanidine groups is 1. The van der Waals surface area contributed by atoms with Gasteiger partial charge in [-0.05, 0) is 153 Å². The quantitative estimate of drug-likeness (QED) is 0.0213. The number of primary amides is 1. The molecule has 3 saturated heterocycles. The number of aromatic hydroxyl groups is 1. The van der Waals surface area contributed by atoms with Crippen molar-refractivity contribution in [3.8, 4) is 5.75 Å². The van der Waals surface area contributed by atoms with E-state index in [1.807, 2.05) is 0 Å². The van der Waals surface area contributed by atoms with Gasteiger partial charge >= 0.3 is 17.9 Å². The lowest BCUT2D eigenvalue weighted by Crippen LogP contribution is -2.61. The van der Waals surface area contributed by atoms with Crippen molar-refractivity contribution in [1.82, 2.24) is 99.9 Å². The van der Waals surface area contributed by atoms with Crippen LogP contribution >= 0.6 is 0 Å². The number of unbranched alkanes of at least 4 members (excludes halogenated alkanes) is 1. The number of phenolic OH excluding ortho intramolecular Hbond substituents is 1. The first-order chi connectivity index (χ1) is 63.0. The molecule has 3 aromatic rings. The van der Waals surface area contributed by atoms with Crippen molar-refractivity contribution in [3.05, 3.63) is 65.9 Å². The van der Waals surface area contributed by atoms with Gasteiger partial charge in [-0.2, -0.15) is 0 Å². The second-order valence-corrected chi connectivity index (χ2v) is 32.4. The summed E-state index contributed by atoms with van der Waals surface area (Å²) in [5, 5.41) is 97.5. The van der Waals surface area contributed by atoms with Crippen molar-refractivity contribution >= 4 is 141 Å². The van der Waals surface area contributed by atoms with Gasteiger partial charge in [-0.3, -0.25) is 106 Å². The predicted octanol–water partition coefficient (Wildman–Crippen LogP) is -8.77. The van der Waals surface area contributed by atoms with Gasteiger partial charge in [-0.15, -0.1) is 0 Å². The number of fused-ring (bicyclic) bond motifs is 3. The zero-order valence-electron chi connectivity index (χ0n) is 73.9. The zero-order chi connectivity index (χ0) is 98.3. The lowest BCUT2D eigenvalue weighted by atomic mass is 10.0. The average molecular weight is 1870 g/mol. The summed E-state index contributed by atoms with van der Waals surface area (Å²) in [5.74, 6) is -23.5. The summed E-state index contributed by atoms with van der Waals surface area (Å²) in [7, 11) is 0. The monoisotopic (exact) mass is 1870 g/mol. The third-order valence-electron chi connectivity index (χ3n) is 22.0. The van der Waals surface area contributed by atoms with Crippen LogP contribution < -0.4 is 108 Å². The van der Waals surface area contributed by atoms with E-state index in [4.69, 9.17) is 28.3 Å². The fourth-order valence-corrected chi connectivity index (χ4v) is 14.7. The Morgan fingerprint density at radius 2 is 0.910 bits per heavy atom. The molecule has 50 nitrogen and oxygen atoms in total. The Labute approximate surface area is 762 Å². The number of aromatic nitrogens is 1. The van der Waals surface area contributed by atoms with Crippen molar-refractivity contribution in [2.45, 2.75) is 246 Å². The minimum Gasteiger partial charge on any atom is -0.508 e. The Bertz CT molecular complexity index is 4690.